The number of pyridine rings is 1. The third kappa shape index (κ3) is 5.40. The Kier molecular flexibility index (Phi) is 5.48. The van der Waals surface area contributed by atoms with Crippen molar-refractivity contribution < 1.29 is 23.0 Å². The Hall–Kier alpha value is -1.80. The van der Waals surface area contributed by atoms with Crippen molar-refractivity contribution in [3.05, 3.63) is 35.7 Å². The van der Waals surface area contributed by atoms with Crippen LogP contribution in [0.25, 0.3) is 0 Å². The van der Waals surface area contributed by atoms with Crippen molar-refractivity contribution in [1.82, 2.24) is 15.0 Å². The zero-order valence-corrected chi connectivity index (χ0v) is 13.0. The molecule has 23 heavy (non-hydrogen) atoms. The molecule has 2 heterocycles. The number of rotatable bonds is 6. The molecule has 0 bridgehead atoms. The highest BCUT2D eigenvalue weighted by atomic mass is 19.4. The van der Waals surface area contributed by atoms with Crippen LogP contribution in [-0.2, 0) is 6.54 Å². The van der Waals surface area contributed by atoms with Gasteiger partial charge in [0.2, 0.25) is 5.88 Å². The summed E-state index contributed by atoms with van der Waals surface area (Å²) in [5.74, 6) is -0.00791. The van der Waals surface area contributed by atoms with Crippen LogP contribution in [-0.4, -0.2) is 52.1 Å². The van der Waals surface area contributed by atoms with E-state index in [9.17, 15) is 18.3 Å². The number of nitrogens with zero attached hydrogens (tertiary/aromatic N) is 3. The van der Waals surface area contributed by atoms with E-state index in [-0.39, 0.29) is 5.88 Å². The maximum atomic E-state index is 12.2. The van der Waals surface area contributed by atoms with Crippen LogP contribution in [0.2, 0.25) is 0 Å². The van der Waals surface area contributed by atoms with Crippen molar-refractivity contribution >= 4 is 0 Å². The van der Waals surface area contributed by atoms with Gasteiger partial charge in [0.15, 0.2) is 6.61 Å². The molecule has 1 aliphatic heterocycles. The minimum Gasteiger partial charge on any atom is -0.468 e. The van der Waals surface area contributed by atoms with E-state index in [2.05, 4.69) is 4.98 Å². The van der Waals surface area contributed by atoms with Crippen LogP contribution in [0, 0.1) is 6.92 Å². The second kappa shape index (κ2) is 7.18. The van der Waals surface area contributed by atoms with Gasteiger partial charge in [-0.3, -0.25) is 0 Å². The molecule has 0 aliphatic carbocycles. The summed E-state index contributed by atoms with van der Waals surface area (Å²) in [4.78, 5) is 3.97. The number of halogens is 3. The van der Waals surface area contributed by atoms with Gasteiger partial charge in [0.05, 0.1) is 12.6 Å². The Morgan fingerprint density at radius 3 is 2.78 bits per heavy atom. The molecule has 0 spiro atoms. The SMILES string of the molecule is Cc1cc(CN2CC=CN2CC(C)O)cnc1OCC(F)(F)F. The molecule has 0 saturated heterocycles. The lowest BCUT2D eigenvalue weighted by atomic mass is 10.2. The number of β-amino-alcohol motifs (C(OH)–C–C–N with tert-alkyl or cyclic N) is 1. The van der Waals surface area contributed by atoms with Gasteiger partial charge in [0, 0.05) is 31.0 Å². The summed E-state index contributed by atoms with van der Waals surface area (Å²) < 4.78 is 41.2. The first-order chi connectivity index (χ1) is 10.7. The maximum Gasteiger partial charge on any atom is 0.422 e. The van der Waals surface area contributed by atoms with Gasteiger partial charge in [-0.05, 0) is 25.5 Å². The first-order valence-corrected chi connectivity index (χ1v) is 7.26. The Morgan fingerprint density at radius 1 is 1.43 bits per heavy atom. The number of alkyl halides is 3. The number of hydrogen-bond acceptors (Lipinski definition) is 5. The smallest absolute Gasteiger partial charge is 0.422 e. The lowest BCUT2D eigenvalue weighted by Gasteiger charge is -2.30. The van der Waals surface area contributed by atoms with E-state index < -0.39 is 18.9 Å². The van der Waals surface area contributed by atoms with Crippen molar-refractivity contribution in [1.29, 1.82) is 0 Å². The average Bonchev–Trinajstić information content (AvgIpc) is 2.83. The third-order valence-corrected chi connectivity index (χ3v) is 3.23. The number of aryl methyl sites for hydroxylation is 1. The summed E-state index contributed by atoms with van der Waals surface area (Å²) in [7, 11) is 0. The van der Waals surface area contributed by atoms with E-state index in [1.54, 1.807) is 19.9 Å². The molecule has 128 valence electrons. The molecule has 0 amide bonds. The second-order valence-electron chi connectivity index (χ2n) is 5.57. The van der Waals surface area contributed by atoms with Crippen molar-refractivity contribution in [3.8, 4) is 5.88 Å². The number of ether oxygens (including phenoxy) is 1. The van der Waals surface area contributed by atoms with Crippen LogP contribution < -0.4 is 4.74 Å². The van der Waals surface area contributed by atoms with Gasteiger partial charge in [-0.1, -0.05) is 6.08 Å². The topological polar surface area (TPSA) is 48.8 Å². The van der Waals surface area contributed by atoms with Gasteiger partial charge in [-0.2, -0.15) is 13.2 Å². The highest BCUT2D eigenvalue weighted by molar-refractivity contribution is 5.28. The Bertz CT molecular complexity index is 561. The molecule has 1 aliphatic rings. The second-order valence-corrected chi connectivity index (χ2v) is 5.57. The van der Waals surface area contributed by atoms with Gasteiger partial charge in [-0.25, -0.2) is 9.99 Å². The minimum absolute atomic E-state index is 0.00791. The molecule has 0 saturated carbocycles. The predicted molar refractivity (Wildman–Crippen MR) is 78.5 cm³/mol. The molecular weight excluding hydrogens is 311 g/mol. The van der Waals surface area contributed by atoms with E-state index in [0.29, 0.717) is 25.2 Å². The Morgan fingerprint density at radius 2 is 2.17 bits per heavy atom. The summed E-state index contributed by atoms with van der Waals surface area (Å²) >= 11 is 0. The van der Waals surface area contributed by atoms with Crippen LogP contribution >= 0.6 is 0 Å². The first-order valence-electron chi connectivity index (χ1n) is 7.26. The summed E-state index contributed by atoms with van der Waals surface area (Å²) in [5, 5.41) is 13.4. The molecule has 1 N–H and O–H groups in total. The quantitative estimate of drug-likeness (QED) is 0.866. The molecule has 8 heteroatoms. The molecule has 0 fully saturated rings. The summed E-state index contributed by atoms with van der Waals surface area (Å²) in [6.07, 6.45) is 0.544. The number of aliphatic hydroxyl groups is 1. The number of hydrazine groups is 1. The molecule has 1 aromatic rings. The molecule has 2 rings (SSSR count). The van der Waals surface area contributed by atoms with Crippen molar-refractivity contribution in [2.75, 3.05) is 19.7 Å². The highest BCUT2D eigenvalue weighted by Gasteiger charge is 2.29. The fourth-order valence-corrected chi connectivity index (χ4v) is 2.31. The highest BCUT2D eigenvalue weighted by Crippen LogP contribution is 2.21. The van der Waals surface area contributed by atoms with E-state index in [1.165, 1.54) is 6.20 Å². The summed E-state index contributed by atoms with van der Waals surface area (Å²) in [6.45, 7) is 3.76. The number of aliphatic hydroxyl groups excluding tert-OH is 1. The van der Waals surface area contributed by atoms with Gasteiger partial charge in [-0.15, -0.1) is 0 Å². The van der Waals surface area contributed by atoms with Gasteiger partial charge in [0.1, 0.15) is 0 Å². The van der Waals surface area contributed by atoms with Gasteiger partial charge >= 0.3 is 6.18 Å². The zero-order valence-electron chi connectivity index (χ0n) is 13.0. The van der Waals surface area contributed by atoms with Crippen molar-refractivity contribution in [2.45, 2.75) is 32.7 Å². The molecule has 1 atom stereocenters. The van der Waals surface area contributed by atoms with Gasteiger partial charge < -0.3 is 14.9 Å². The van der Waals surface area contributed by atoms with E-state index >= 15 is 0 Å². The molecule has 1 aromatic heterocycles. The fraction of sp³-hybridized carbons (Fsp3) is 0.533. The molecular formula is C15H20F3N3O2. The molecule has 0 aromatic carbocycles. The molecule has 5 nitrogen and oxygen atoms in total. The standard InChI is InChI=1S/C15H20F3N3O2/c1-11-6-13(7-19-14(11)23-10-15(16,17)18)9-21-5-3-4-20(21)8-12(2)22/h3-4,6-7,12,22H,5,8-10H2,1-2H3. The zero-order chi connectivity index (χ0) is 17.0. The van der Waals surface area contributed by atoms with Crippen LogP contribution in [0.5, 0.6) is 5.88 Å². The normalized spacial score (nSPS) is 16.9. The molecule has 0 radical (unpaired) electrons. The monoisotopic (exact) mass is 331 g/mol. The minimum atomic E-state index is -4.38. The van der Waals surface area contributed by atoms with Crippen LogP contribution in [0.3, 0.4) is 0 Å². The summed E-state index contributed by atoms with van der Waals surface area (Å²) in [5.41, 5.74) is 1.42. The largest absolute Gasteiger partial charge is 0.468 e. The fourth-order valence-electron chi connectivity index (χ4n) is 2.31. The molecule has 1 unspecified atom stereocenters. The van der Waals surface area contributed by atoms with Crippen LogP contribution in [0.1, 0.15) is 18.1 Å². The predicted octanol–water partition coefficient (Wildman–Crippen LogP) is 2.26. The van der Waals surface area contributed by atoms with Crippen LogP contribution in [0.15, 0.2) is 24.5 Å². The van der Waals surface area contributed by atoms with E-state index in [4.69, 9.17) is 4.74 Å². The summed E-state index contributed by atoms with van der Waals surface area (Å²) in [6, 6.07) is 1.76. The lowest BCUT2D eigenvalue weighted by molar-refractivity contribution is -0.154. The average molecular weight is 331 g/mol. The maximum absolute atomic E-state index is 12.2. The van der Waals surface area contributed by atoms with Crippen molar-refractivity contribution in [2.24, 2.45) is 0 Å². The Labute approximate surface area is 132 Å². The number of hydrogen-bond donors (Lipinski definition) is 1. The Balaban J connectivity index is 1.97. The van der Waals surface area contributed by atoms with Gasteiger partial charge in [0.25, 0.3) is 0 Å². The lowest BCUT2D eigenvalue weighted by Crippen LogP contribution is -2.38. The van der Waals surface area contributed by atoms with E-state index in [1.807, 2.05) is 22.3 Å². The van der Waals surface area contributed by atoms with Crippen molar-refractivity contribution in [3.63, 3.8) is 0 Å². The number of aromatic nitrogens is 1. The third-order valence-electron chi connectivity index (χ3n) is 3.23. The van der Waals surface area contributed by atoms with Crippen LogP contribution in [0.4, 0.5) is 13.2 Å². The van der Waals surface area contributed by atoms with E-state index in [0.717, 1.165) is 5.56 Å². The first kappa shape index (κ1) is 17.6.